The molecule has 1 aromatic carbocycles. The molecule has 148 valence electrons. The van der Waals surface area contributed by atoms with Crippen LogP contribution >= 0.6 is 0 Å². The Balaban J connectivity index is 2.12. The van der Waals surface area contributed by atoms with Crippen LogP contribution in [0.1, 0.15) is 50.3 Å². The fourth-order valence-corrected chi connectivity index (χ4v) is 3.39. The van der Waals surface area contributed by atoms with Gasteiger partial charge in [-0.15, -0.1) is 0 Å². The first kappa shape index (κ1) is 19.7. The molecule has 1 aliphatic heterocycles. The Labute approximate surface area is 164 Å². The highest BCUT2D eigenvalue weighted by molar-refractivity contribution is 6.46. The minimum atomic E-state index is -0.747. The maximum atomic E-state index is 12.8. The summed E-state index contributed by atoms with van der Waals surface area (Å²) in [5.74, 6) is 0.139. The van der Waals surface area contributed by atoms with Gasteiger partial charge in [-0.2, -0.15) is 0 Å². The molecule has 1 unspecified atom stereocenters. The van der Waals surface area contributed by atoms with Crippen molar-refractivity contribution in [1.29, 1.82) is 0 Å². The molecule has 1 aromatic heterocycles. The number of furan rings is 1. The SMILES string of the molecule is CCCN1C(=O)C(=O)/C(=C(\O)c2cccc(OC(C)C)c2)C1c1ccc(C)o1. The number of ketones is 1. The van der Waals surface area contributed by atoms with E-state index in [0.717, 1.165) is 0 Å². The zero-order chi connectivity index (χ0) is 20.4. The summed E-state index contributed by atoms with van der Waals surface area (Å²) in [4.78, 5) is 26.8. The van der Waals surface area contributed by atoms with E-state index in [1.54, 1.807) is 43.3 Å². The van der Waals surface area contributed by atoms with Crippen LogP contribution in [0.5, 0.6) is 5.75 Å². The number of carbonyl (C=O) groups is 2. The zero-order valence-electron chi connectivity index (χ0n) is 16.6. The molecule has 1 aliphatic rings. The first-order valence-electron chi connectivity index (χ1n) is 9.45. The second kappa shape index (κ2) is 7.92. The number of Topliss-reactive ketones (excluding diaryl/α,β-unsaturated/α-hetero) is 1. The molecule has 1 amide bonds. The van der Waals surface area contributed by atoms with Crippen LogP contribution in [-0.2, 0) is 9.59 Å². The Morgan fingerprint density at radius 3 is 2.61 bits per heavy atom. The number of hydrogen-bond donors (Lipinski definition) is 1. The monoisotopic (exact) mass is 383 g/mol. The lowest BCUT2D eigenvalue weighted by Gasteiger charge is -2.22. The molecule has 1 atom stereocenters. The van der Waals surface area contributed by atoms with Crippen molar-refractivity contribution in [3.63, 3.8) is 0 Å². The third-order valence-corrected chi connectivity index (χ3v) is 4.51. The lowest BCUT2D eigenvalue weighted by molar-refractivity contribution is -0.140. The van der Waals surface area contributed by atoms with Crippen molar-refractivity contribution in [2.75, 3.05) is 6.54 Å². The summed E-state index contributed by atoms with van der Waals surface area (Å²) in [6.07, 6.45) is 0.652. The van der Waals surface area contributed by atoms with Gasteiger partial charge in [-0.05, 0) is 51.5 Å². The van der Waals surface area contributed by atoms with Crippen LogP contribution < -0.4 is 4.74 Å². The molecule has 2 heterocycles. The summed E-state index contributed by atoms with van der Waals surface area (Å²) in [6.45, 7) is 7.92. The molecular formula is C22H25NO5. The molecule has 1 saturated heterocycles. The van der Waals surface area contributed by atoms with Crippen molar-refractivity contribution in [2.24, 2.45) is 0 Å². The largest absolute Gasteiger partial charge is 0.507 e. The van der Waals surface area contributed by atoms with E-state index in [-0.39, 0.29) is 17.4 Å². The van der Waals surface area contributed by atoms with Crippen molar-refractivity contribution in [1.82, 2.24) is 4.90 Å². The first-order valence-corrected chi connectivity index (χ1v) is 9.45. The van der Waals surface area contributed by atoms with E-state index in [0.29, 0.717) is 35.8 Å². The molecule has 1 fully saturated rings. The van der Waals surface area contributed by atoms with Gasteiger partial charge < -0.3 is 19.2 Å². The molecular weight excluding hydrogens is 358 g/mol. The van der Waals surface area contributed by atoms with E-state index >= 15 is 0 Å². The lowest BCUT2D eigenvalue weighted by atomic mass is 9.99. The van der Waals surface area contributed by atoms with Crippen LogP contribution in [0.4, 0.5) is 0 Å². The van der Waals surface area contributed by atoms with Crippen molar-refractivity contribution in [3.05, 3.63) is 59.1 Å². The Morgan fingerprint density at radius 2 is 2.00 bits per heavy atom. The number of amides is 1. The van der Waals surface area contributed by atoms with Crippen molar-refractivity contribution >= 4 is 17.4 Å². The average Bonchev–Trinajstić information content (AvgIpc) is 3.17. The van der Waals surface area contributed by atoms with E-state index in [9.17, 15) is 14.7 Å². The van der Waals surface area contributed by atoms with Crippen molar-refractivity contribution in [2.45, 2.75) is 46.3 Å². The summed E-state index contributed by atoms with van der Waals surface area (Å²) in [5, 5.41) is 11.0. The molecule has 6 heteroatoms. The molecule has 0 radical (unpaired) electrons. The lowest BCUT2D eigenvalue weighted by Crippen LogP contribution is -2.30. The fourth-order valence-electron chi connectivity index (χ4n) is 3.39. The van der Waals surface area contributed by atoms with Crippen LogP contribution in [0.15, 0.2) is 46.4 Å². The number of likely N-dealkylation sites (tertiary alicyclic amines) is 1. The minimum Gasteiger partial charge on any atom is -0.507 e. The van der Waals surface area contributed by atoms with Gasteiger partial charge in [0.2, 0.25) is 0 Å². The third kappa shape index (κ3) is 3.67. The molecule has 0 aliphatic carbocycles. The molecule has 3 rings (SSSR count). The van der Waals surface area contributed by atoms with Gasteiger partial charge in [-0.3, -0.25) is 9.59 Å². The number of aliphatic hydroxyl groups is 1. The number of benzene rings is 1. The molecule has 1 N–H and O–H groups in total. The van der Waals surface area contributed by atoms with E-state index in [4.69, 9.17) is 9.15 Å². The predicted octanol–water partition coefficient (Wildman–Crippen LogP) is 4.21. The molecule has 28 heavy (non-hydrogen) atoms. The summed E-state index contributed by atoms with van der Waals surface area (Å²) >= 11 is 0. The maximum Gasteiger partial charge on any atom is 0.295 e. The Morgan fingerprint density at radius 1 is 1.25 bits per heavy atom. The molecule has 0 spiro atoms. The van der Waals surface area contributed by atoms with E-state index in [1.165, 1.54) is 4.90 Å². The Hall–Kier alpha value is -3.02. The van der Waals surface area contributed by atoms with Gasteiger partial charge in [0.25, 0.3) is 11.7 Å². The van der Waals surface area contributed by atoms with E-state index in [1.807, 2.05) is 20.8 Å². The number of nitrogens with zero attached hydrogens (tertiary/aromatic N) is 1. The summed E-state index contributed by atoms with van der Waals surface area (Å²) in [7, 11) is 0. The van der Waals surface area contributed by atoms with Gasteiger partial charge in [0.1, 0.15) is 29.1 Å². The Bertz CT molecular complexity index is 925. The highest BCUT2D eigenvalue weighted by Crippen LogP contribution is 2.40. The standard InChI is InChI=1S/C22H25NO5/c1-5-11-23-19(17-10-9-14(4)28-17)18(21(25)22(23)26)20(24)15-7-6-8-16(12-15)27-13(2)3/h6-10,12-13,19,24H,5,11H2,1-4H3/b20-18-. The summed E-state index contributed by atoms with van der Waals surface area (Å²) < 4.78 is 11.4. The van der Waals surface area contributed by atoms with Gasteiger partial charge in [-0.25, -0.2) is 0 Å². The van der Waals surface area contributed by atoms with Crippen LogP contribution in [0.25, 0.3) is 5.76 Å². The fraction of sp³-hybridized carbons (Fsp3) is 0.364. The summed E-state index contributed by atoms with van der Waals surface area (Å²) in [6, 6.07) is 9.62. The number of hydrogen-bond acceptors (Lipinski definition) is 5. The van der Waals surface area contributed by atoms with Gasteiger partial charge in [-0.1, -0.05) is 19.1 Å². The quantitative estimate of drug-likeness (QED) is 0.459. The molecule has 0 saturated carbocycles. The van der Waals surface area contributed by atoms with Crippen LogP contribution in [0.2, 0.25) is 0 Å². The van der Waals surface area contributed by atoms with Crippen molar-refractivity contribution < 1.29 is 23.8 Å². The highest BCUT2D eigenvalue weighted by Gasteiger charge is 2.47. The van der Waals surface area contributed by atoms with Crippen LogP contribution in [0, 0.1) is 6.92 Å². The molecule has 6 nitrogen and oxygen atoms in total. The second-order valence-corrected chi connectivity index (χ2v) is 7.14. The Kier molecular flexibility index (Phi) is 5.58. The van der Waals surface area contributed by atoms with Gasteiger partial charge >= 0.3 is 0 Å². The third-order valence-electron chi connectivity index (χ3n) is 4.51. The van der Waals surface area contributed by atoms with Crippen LogP contribution in [-0.4, -0.2) is 34.3 Å². The van der Waals surface area contributed by atoms with Crippen LogP contribution in [0.3, 0.4) is 0 Å². The topological polar surface area (TPSA) is 80.0 Å². The zero-order valence-corrected chi connectivity index (χ0v) is 16.6. The average molecular weight is 383 g/mol. The molecule has 2 aromatic rings. The number of aliphatic hydroxyl groups excluding tert-OH is 1. The van der Waals surface area contributed by atoms with Gasteiger partial charge in [0, 0.05) is 12.1 Å². The number of ether oxygens (including phenoxy) is 1. The minimum absolute atomic E-state index is 0.0291. The van der Waals surface area contributed by atoms with Gasteiger partial charge in [0.05, 0.1) is 11.7 Å². The highest BCUT2D eigenvalue weighted by atomic mass is 16.5. The smallest absolute Gasteiger partial charge is 0.295 e. The van der Waals surface area contributed by atoms with E-state index < -0.39 is 17.7 Å². The maximum absolute atomic E-state index is 12.8. The molecule has 0 bridgehead atoms. The number of carbonyl (C=O) groups excluding carboxylic acids is 2. The van der Waals surface area contributed by atoms with Crippen molar-refractivity contribution in [3.8, 4) is 5.75 Å². The number of rotatable bonds is 6. The number of aryl methyl sites for hydroxylation is 1. The predicted molar refractivity (Wildman–Crippen MR) is 105 cm³/mol. The van der Waals surface area contributed by atoms with E-state index in [2.05, 4.69) is 0 Å². The summed E-state index contributed by atoms with van der Waals surface area (Å²) in [5.41, 5.74) is 0.454. The van der Waals surface area contributed by atoms with Gasteiger partial charge in [0.15, 0.2) is 0 Å². The normalized spacial score (nSPS) is 18.9. The second-order valence-electron chi connectivity index (χ2n) is 7.14. The first-order chi connectivity index (χ1) is 13.3.